The molecule has 0 fully saturated rings. The lowest BCUT2D eigenvalue weighted by Gasteiger charge is -2.12. The number of aromatic hydroxyl groups is 1. The quantitative estimate of drug-likeness (QED) is 0.169. The van der Waals surface area contributed by atoms with Gasteiger partial charge < -0.3 is 15.2 Å². The normalized spacial score (nSPS) is 11.1. The largest absolute Gasteiger partial charge is 0.506 e. The van der Waals surface area contributed by atoms with Crippen molar-refractivity contribution in [2.75, 3.05) is 13.2 Å². The Hall–Kier alpha value is -3.94. The van der Waals surface area contributed by atoms with E-state index in [1.165, 1.54) is 30.3 Å². The molecule has 1 amide bonds. The van der Waals surface area contributed by atoms with Crippen LogP contribution in [0.4, 0.5) is 4.39 Å². The Balaban J connectivity index is 1.36. The minimum absolute atomic E-state index is 0.0915. The summed E-state index contributed by atoms with van der Waals surface area (Å²) in [6, 6.07) is 22.1. The predicted molar refractivity (Wildman–Crippen MR) is 136 cm³/mol. The first kappa shape index (κ1) is 24.2. The molecular weight excluding hydrogens is 469 g/mol. The van der Waals surface area contributed by atoms with Gasteiger partial charge in [0.05, 0.1) is 11.2 Å². The van der Waals surface area contributed by atoms with Crippen molar-refractivity contribution in [2.45, 2.75) is 6.54 Å². The topological polar surface area (TPSA) is 83.0 Å². The van der Waals surface area contributed by atoms with Gasteiger partial charge in [-0.2, -0.15) is 5.10 Å². The van der Waals surface area contributed by atoms with Crippen molar-refractivity contribution in [1.29, 1.82) is 0 Å². The van der Waals surface area contributed by atoms with E-state index in [-0.39, 0.29) is 22.2 Å². The number of carbonyl (C=O) groups is 1. The zero-order valence-electron chi connectivity index (χ0n) is 18.7. The highest BCUT2D eigenvalue weighted by Gasteiger charge is 2.08. The highest BCUT2D eigenvalue weighted by atomic mass is 35.5. The van der Waals surface area contributed by atoms with Crippen molar-refractivity contribution in [3.63, 3.8) is 0 Å². The van der Waals surface area contributed by atoms with Crippen molar-refractivity contribution in [1.82, 2.24) is 10.7 Å². The van der Waals surface area contributed by atoms with E-state index in [0.29, 0.717) is 19.7 Å². The van der Waals surface area contributed by atoms with Crippen LogP contribution >= 0.6 is 11.6 Å². The van der Waals surface area contributed by atoms with Gasteiger partial charge in [0.25, 0.3) is 5.91 Å². The Morgan fingerprint density at radius 2 is 1.80 bits per heavy atom. The number of amides is 1. The summed E-state index contributed by atoms with van der Waals surface area (Å²) in [5, 5.41) is 18.8. The molecule has 4 rings (SSSR count). The second-order valence-corrected chi connectivity index (χ2v) is 8.12. The third-order valence-corrected chi connectivity index (χ3v) is 5.58. The first-order valence-corrected chi connectivity index (χ1v) is 11.3. The van der Waals surface area contributed by atoms with E-state index in [2.05, 4.69) is 15.8 Å². The fraction of sp³-hybridized carbons (Fsp3) is 0.111. The lowest BCUT2D eigenvalue weighted by Crippen LogP contribution is -2.20. The Morgan fingerprint density at radius 1 is 1.03 bits per heavy atom. The monoisotopic (exact) mass is 491 g/mol. The molecule has 0 aromatic heterocycles. The molecule has 0 aliphatic rings. The highest BCUT2D eigenvalue weighted by molar-refractivity contribution is 6.32. The number of hydrogen-bond acceptors (Lipinski definition) is 5. The van der Waals surface area contributed by atoms with E-state index in [0.717, 1.165) is 27.6 Å². The van der Waals surface area contributed by atoms with Gasteiger partial charge in [-0.25, -0.2) is 9.82 Å². The van der Waals surface area contributed by atoms with Gasteiger partial charge in [0.15, 0.2) is 0 Å². The van der Waals surface area contributed by atoms with Crippen LogP contribution in [0.25, 0.3) is 10.8 Å². The van der Waals surface area contributed by atoms with Crippen LogP contribution in [0.3, 0.4) is 0 Å². The van der Waals surface area contributed by atoms with Crippen molar-refractivity contribution in [3.8, 4) is 11.5 Å². The lowest BCUT2D eigenvalue weighted by molar-refractivity contribution is 0.0955. The third kappa shape index (κ3) is 6.35. The van der Waals surface area contributed by atoms with Crippen LogP contribution in [0.15, 0.2) is 84.0 Å². The summed E-state index contributed by atoms with van der Waals surface area (Å²) in [7, 11) is 0. The van der Waals surface area contributed by atoms with E-state index in [1.807, 2.05) is 36.4 Å². The average Bonchev–Trinajstić information content (AvgIpc) is 2.87. The maximum Gasteiger partial charge on any atom is 0.271 e. The molecule has 35 heavy (non-hydrogen) atoms. The SMILES string of the molecule is O=C(N/N=C/c1ccc(OCCNCc2ccc(F)cc2)c2ccccc12)c1ccc(O)c(Cl)c1. The minimum atomic E-state index is -0.444. The number of phenolic OH excluding ortho intramolecular Hbond substituents is 1. The van der Waals surface area contributed by atoms with Crippen LogP contribution in [-0.4, -0.2) is 30.4 Å². The maximum atomic E-state index is 13.0. The number of ether oxygens (including phenoxy) is 1. The van der Waals surface area contributed by atoms with E-state index < -0.39 is 5.91 Å². The number of phenols is 1. The van der Waals surface area contributed by atoms with Gasteiger partial charge >= 0.3 is 0 Å². The molecule has 0 atom stereocenters. The van der Waals surface area contributed by atoms with Crippen molar-refractivity contribution in [3.05, 3.63) is 106 Å². The number of fused-ring (bicyclic) bond motifs is 1. The molecule has 0 unspecified atom stereocenters. The second-order valence-electron chi connectivity index (χ2n) is 7.72. The summed E-state index contributed by atoms with van der Waals surface area (Å²) in [5.74, 6) is -0.0455. The van der Waals surface area contributed by atoms with Gasteiger partial charge in [-0.3, -0.25) is 4.79 Å². The molecular formula is C27H23ClFN3O3. The van der Waals surface area contributed by atoms with Gasteiger partial charge in [-0.05, 0) is 53.4 Å². The Bertz CT molecular complexity index is 1360. The summed E-state index contributed by atoms with van der Waals surface area (Å²) in [6.45, 7) is 1.72. The number of halogens is 2. The minimum Gasteiger partial charge on any atom is -0.506 e. The first-order chi connectivity index (χ1) is 17.0. The van der Waals surface area contributed by atoms with Crippen LogP contribution in [0.2, 0.25) is 5.02 Å². The van der Waals surface area contributed by atoms with Crippen LogP contribution in [-0.2, 0) is 6.54 Å². The van der Waals surface area contributed by atoms with E-state index in [9.17, 15) is 14.3 Å². The number of nitrogens with one attached hydrogen (secondary N) is 2. The Labute approximate surface area is 207 Å². The van der Waals surface area contributed by atoms with Crippen molar-refractivity contribution < 1.29 is 19.0 Å². The number of hydrogen-bond donors (Lipinski definition) is 3. The Kier molecular flexibility index (Phi) is 7.92. The van der Waals surface area contributed by atoms with Crippen LogP contribution in [0.5, 0.6) is 11.5 Å². The van der Waals surface area contributed by atoms with E-state index in [4.69, 9.17) is 16.3 Å². The van der Waals surface area contributed by atoms with Crippen LogP contribution in [0, 0.1) is 5.82 Å². The molecule has 0 aliphatic heterocycles. The highest BCUT2D eigenvalue weighted by Crippen LogP contribution is 2.28. The molecule has 6 nitrogen and oxygen atoms in total. The van der Waals surface area contributed by atoms with Crippen LogP contribution in [0.1, 0.15) is 21.5 Å². The smallest absolute Gasteiger partial charge is 0.271 e. The van der Waals surface area contributed by atoms with E-state index in [1.54, 1.807) is 18.3 Å². The zero-order valence-corrected chi connectivity index (χ0v) is 19.4. The number of benzene rings is 4. The molecule has 0 saturated heterocycles. The Morgan fingerprint density at radius 3 is 2.57 bits per heavy atom. The summed E-state index contributed by atoms with van der Waals surface area (Å²) in [6.07, 6.45) is 1.57. The van der Waals surface area contributed by atoms with Crippen molar-refractivity contribution >= 4 is 34.5 Å². The average molecular weight is 492 g/mol. The number of hydrazone groups is 1. The molecule has 0 bridgehead atoms. The molecule has 178 valence electrons. The van der Waals surface area contributed by atoms with Gasteiger partial charge in [0.2, 0.25) is 0 Å². The molecule has 0 saturated carbocycles. The molecule has 0 heterocycles. The van der Waals surface area contributed by atoms with Crippen LogP contribution < -0.4 is 15.5 Å². The molecule has 4 aromatic rings. The molecule has 0 spiro atoms. The molecule has 0 aliphatic carbocycles. The molecule has 4 aromatic carbocycles. The lowest BCUT2D eigenvalue weighted by atomic mass is 10.0. The van der Waals surface area contributed by atoms with E-state index >= 15 is 0 Å². The summed E-state index contributed by atoms with van der Waals surface area (Å²) in [5.41, 5.74) is 4.56. The van der Waals surface area contributed by atoms with Gasteiger partial charge in [0.1, 0.15) is 23.9 Å². The zero-order chi connectivity index (χ0) is 24.6. The molecule has 8 heteroatoms. The van der Waals surface area contributed by atoms with Gasteiger partial charge in [-0.1, -0.05) is 48.0 Å². The first-order valence-electron chi connectivity index (χ1n) is 10.9. The summed E-state index contributed by atoms with van der Waals surface area (Å²) in [4.78, 5) is 12.3. The van der Waals surface area contributed by atoms with Gasteiger partial charge in [0, 0.05) is 29.6 Å². The predicted octanol–water partition coefficient (Wildman–Crippen LogP) is 5.27. The number of rotatable bonds is 9. The second kappa shape index (κ2) is 11.5. The number of carbonyl (C=O) groups excluding carboxylic acids is 1. The summed E-state index contributed by atoms with van der Waals surface area (Å²) >= 11 is 5.86. The standard InChI is InChI=1S/C27H23ClFN3O3/c28-24-15-19(7-11-25(24)33)27(34)32-31-17-20-8-12-26(23-4-2-1-3-22(20)23)35-14-13-30-16-18-5-9-21(29)10-6-18/h1-12,15,17,30,33H,13-14,16H2,(H,32,34)/b31-17+. The fourth-order valence-corrected chi connectivity index (χ4v) is 3.65. The summed E-state index contributed by atoms with van der Waals surface area (Å²) < 4.78 is 19.0. The van der Waals surface area contributed by atoms with Crippen molar-refractivity contribution in [2.24, 2.45) is 5.10 Å². The maximum absolute atomic E-state index is 13.0. The molecule has 3 N–H and O–H groups in total. The fourth-order valence-electron chi connectivity index (χ4n) is 3.47. The molecule has 0 radical (unpaired) electrons. The van der Waals surface area contributed by atoms with Gasteiger partial charge in [-0.15, -0.1) is 0 Å². The third-order valence-electron chi connectivity index (χ3n) is 5.28. The number of nitrogens with zero attached hydrogens (tertiary/aromatic N) is 1.